The van der Waals surface area contributed by atoms with Crippen LogP contribution in [0.4, 0.5) is 15.8 Å². The van der Waals surface area contributed by atoms with Gasteiger partial charge in [-0.05, 0) is 82.3 Å². The van der Waals surface area contributed by atoms with E-state index in [0.29, 0.717) is 28.7 Å². The molecule has 1 aliphatic carbocycles. The molecule has 2 aromatic heterocycles. The van der Waals surface area contributed by atoms with Gasteiger partial charge in [0.15, 0.2) is 5.82 Å². The molecule has 1 spiro atoms. The molecule has 2 N–H and O–H groups in total. The molecule has 39 heavy (non-hydrogen) atoms. The number of halogens is 1. The average Bonchev–Trinajstić information content (AvgIpc) is 3.66. The predicted molar refractivity (Wildman–Crippen MR) is 149 cm³/mol. The number of likely N-dealkylation sites (tertiary alicyclic amines) is 1. The summed E-state index contributed by atoms with van der Waals surface area (Å²) in [5.41, 5.74) is 4.99. The molecule has 7 rings (SSSR count). The SMILES string of the molecule is CC(C)n1cnc(-c2ccc(F)cc2)c1-c1ncc(C(=O)Nc2ccc(N3CC4N(C)C5CCC54C3)cc2)[nH]1. The molecule has 4 heterocycles. The summed E-state index contributed by atoms with van der Waals surface area (Å²) in [7, 11) is 2.26. The van der Waals surface area contributed by atoms with E-state index in [1.807, 2.05) is 16.7 Å². The van der Waals surface area contributed by atoms with Crippen molar-refractivity contribution in [3.8, 4) is 22.8 Å². The molecule has 8 nitrogen and oxygen atoms in total. The van der Waals surface area contributed by atoms with E-state index in [9.17, 15) is 9.18 Å². The largest absolute Gasteiger partial charge is 0.369 e. The van der Waals surface area contributed by atoms with Gasteiger partial charge in [-0.2, -0.15) is 0 Å². The van der Waals surface area contributed by atoms with Crippen LogP contribution in [0.15, 0.2) is 61.1 Å². The lowest BCUT2D eigenvalue weighted by atomic mass is 9.54. The zero-order chi connectivity index (χ0) is 26.9. The molecule has 3 fully saturated rings. The van der Waals surface area contributed by atoms with Gasteiger partial charge >= 0.3 is 0 Å². The molecule has 9 heteroatoms. The van der Waals surface area contributed by atoms with Crippen LogP contribution in [0.5, 0.6) is 0 Å². The highest BCUT2D eigenvalue weighted by Crippen LogP contribution is 2.60. The van der Waals surface area contributed by atoms with E-state index in [1.54, 1.807) is 18.5 Å². The van der Waals surface area contributed by atoms with Gasteiger partial charge in [0.05, 0.1) is 18.2 Å². The van der Waals surface area contributed by atoms with Crippen LogP contribution in [0.25, 0.3) is 22.8 Å². The minimum atomic E-state index is -0.305. The van der Waals surface area contributed by atoms with Gasteiger partial charge in [-0.25, -0.2) is 14.4 Å². The number of hydrogen-bond donors (Lipinski definition) is 2. The number of hydrogen-bond acceptors (Lipinski definition) is 5. The summed E-state index contributed by atoms with van der Waals surface area (Å²) in [4.78, 5) is 30.4. The Morgan fingerprint density at radius 1 is 1.10 bits per heavy atom. The van der Waals surface area contributed by atoms with Crippen LogP contribution in [-0.4, -0.2) is 62.5 Å². The number of H-pyrrole nitrogens is 1. The van der Waals surface area contributed by atoms with Gasteiger partial charge in [0.1, 0.15) is 17.2 Å². The summed E-state index contributed by atoms with van der Waals surface area (Å²) >= 11 is 0. The standard InChI is InChI=1S/C30H32FN7O/c1-18(2)38-17-33-26(19-4-6-20(31)7-5-19)27(38)28-32-14-23(35-28)29(39)34-21-8-10-22(11-9-21)37-15-25-30(16-37)13-12-24(30)36(25)3/h4-11,14,17-18,24-25H,12-13,15-16H2,1-3H3,(H,32,35)(H,34,39). The smallest absolute Gasteiger partial charge is 0.273 e. The first-order valence-corrected chi connectivity index (χ1v) is 13.6. The van der Waals surface area contributed by atoms with Crippen molar-refractivity contribution in [2.45, 2.75) is 44.8 Å². The van der Waals surface area contributed by atoms with Crippen molar-refractivity contribution >= 4 is 17.3 Å². The van der Waals surface area contributed by atoms with Crippen LogP contribution in [0.3, 0.4) is 0 Å². The second-order valence-corrected chi connectivity index (χ2v) is 11.4. The number of piperidine rings is 1. The van der Waals surface area contributed by atoms with Crippen LogP contribution in [-0.2, 0) is 0 Å². The van der Waals surface area contributed by atoms with Gasteiger partial charge in [-0.3, -0.25) is 9.69 Å². The van der Waals surface area contributed by atoms with E-state index in [0.717, 1.165) is 36.1 Å². The van der Waals surface area contributed by atoms with Crippen molar-refractivity contribution in [1.29, 1.82) is 0 Å². The Labute approximate surface area is 226 Å². The van der Waals surface area contributed by atoms with Crippen molar-refractivity contribution in [2.24, 2.45) is 5.41 Å². The first kappa shape index (κ1) is 24.1. The minimum absolute atomic E-state index is 0.114. The number of carbonyl (C=O) groups excluding carboxylic acids is 1. The fourth-order valence-electron chi connectivity index (χ4n) is 6.93. The number of benzene rings is 2. The number of nitrogens with zero attached hydrogens (tertiary/aromatic N) is 5. The molecule has 3 unspecified atom stereocenters. The van der Waals surface area contributed by atoms with Crippen LogP contribution in [0, 0.1) is 11.2 Å². The molecular weight excluding hydrogens is 493 g/mol. The number of carbonyl (C=O) groups is 1. The highest BCUT2D eigenvalue weighted by molar-refractivity contribution is 6.03. The zero-order valence-corrected chi connectivity index (χ0v) is 22.4. The summed E-state index contributed by atoms with van der Waals surface area (Å²) in [5, 5.41) is 2.99. The molecule has 3 aliphatic rings. The maximum Gasteiger partial charge on any atom is 0.273 e. The molecule has 200 valence electrons. The van der Waals surface area contributed by atoms with Crippen molar-refractivity contribution in [1.82, 2.24) is 24.4 Å². The fourth-order valence-corrected chi connectivity index (χ4v) is 6.93. The normalized spacial score (nSPS) is 23.8. The Morgan fingerprint density at radius 3 is 2.54 bits per heavy atom. The van der Waals surface area contributed by atoms with Crippen LogP contribution < -0.4 is 10.2 Å². The number of aromatic amines is 1. The van der Waals surface area contributed by atoms with E-state index in [2.05, 4.69) is 63.1 Å². The third-order valence-electron chi connectivity index (χ3n) is 9.08. The summed E-state index contributed by atoms with van der Waals surface area (Å²) in [6.45, 7) is 6.30. The van der Waals surface area contributed by atoms with Crippen molar-refractivity contribution < 1.29 is 9.18 Å². The quantitative estimate of drug-likeness (QED) is 0.362. The summed E-state index contributed by atoms with van der Waals surface area (Å²) < 4.78 is 15.5. The van der Waals surface area contributed by atoms with Gasteiger partial charge in [-0.1, -0.05) is 0 Å². The summed E-state index contributed by atoms with van der Waals surface area (Å²) in [5.74, 6) is -0.0405. The van der Waals surface area contributed by atoms with Crippen molar-refractivity contribution in [3.05, 3.63) is 72.6 Å². The zero-order valence-electron chi connectivity index (χ0n) is 22.4. The lowest BCUT2D eigenvalue weighted by Gasteiger charge is -2.66. The summed E-state index contributed by atoms with van der Waals surface area (Å²) in [6, 6.07) is 15.9. The van der Waals surface area contributed by atoms with Gasteiger partial charge in [0, 0.05) is 53.6 Å². The van der Waals surface area contributed by atoms with Crippen LogP contribution in [0.2, 0.25) is 0 Å². The van der Waals surface area contributed by atoms with Gasteiger partial charge in [0.25, 0.3) is 5.91 Å². The number of nitrogens with one attached hydrogen (secondary N) is 2. The second kappa shape index (κ2) is 8.77. The maximum atomic E-state index is 13.5. The molecule has 0 radical (unpaired) electrons. The van der Waals surface area contributed by atoms with Gasteiger partial charge < -0.3 is 19.8 Å². The number of amides is 1. The highest BCUT2D eigenvalue weighted by atomic mass is 19.1. The first-order chi connectivity index (χ1) is 18.8. The number of imidazole rings is 2. The number of aromatic nitrogens is 4. The second-order valence-electron chi connectivity index (χ2n) is 11.4. The Balaban J connectivity index is 1.08. The molecule has 1 saturated carbocycles. The van der Waals surface area contributed by atoms with E-state index < -0.39 is 0 Å². The lowest BCUT2D eigenvalue weighted by Crippen LogP contribution is -2.75. The Morgan fingerprint density at radius 2 is 1.87 bits per heavy atom. The Bertz CT molecular complexity index is 1540. The highest BCUT2D eigenvalue weighted by Gasteiger charge is 2.67. The number of likely N-dealkylation sites (N-methyl/N-ethyl adjacent to an activating group) is 1. The van der Waals surface area contributed by atoms with Crippen molar-refractivity contribution in [3.63, 3.8) is 0 Å². The molecule has 2 aliphatic heterocycles. The van der Waals surface area contributed by atoms with Gasteiger partial charge in [0.2, 0.25) is 0 Å². The molecular formula is C30H32FN7O. The monoisotopic (exact) mass is 525 g/mol. The molecule has 3 atom stereocenters. The molecule has 2 saturated heterocycles. The first-order valence-electron chi connectivity index (χ1n) is 13.6. The van der Waals surface area contributed by atoms with E-state index in [4.69, 9.17) is 0 Å². The van der Waals surface area contributed by atoms with E-state index in [-0.39, 0.29) is 17.8 Å². The van der Waals surface area contributed by atoms with Crippen LogP contribution in [0.1, 0.15) is 43.2 Å². The van der Waals surface area contributed by atoms with E-state index >= 15 is 0 Å². The third kappa shape index (κ3) is 3.71. The Hall–Kier alpha value is -3.98. The number of anilines is 2. The fraction of sp³-hybridized carbons (Fsp3) is 0.367. The number of rotatable bonds is 6. The van der Waals surface area contributed by atoms with E-state index in [1.165, 1.54) is 36.9 Å². The third-order valence-corrected chi connectivity index (χ3v) is 9.08. The minimum Gasteiger partial charge on any atom is -0.369 e. The van der Waals surface area contributed by atoms with Crippen LogP contribution >= 0.6 is 0 Å². The van der Waals surface area contributed by atoms with Crippen molar-refractivity contribution in [2.75, 3.05) is 30.4 Å². The predicted octanol–water partition coefficient (Wildman–Crippen LogP) is 5.20. The maximum absolute atomic E-state index is 13.5. The topological polar surface area (TPSA) is 82.1 Å². The molecule has 2 aromatic carbocycles. The lowest BCUT2D eigenvalue weighted by molar-refractivity contribution is -0.161. The Kier molecular flexibility index (Phi) is 5.42. The van der Waals surface area contributed by atoms with Gasteiger partial charge in [-0.15, -0.1) is 0 Å². The molecule has 4 aromatic rings. The summed E-state index contributed by atoms with van der Waals surface area (Å²) in [6.07, 6.45) is 5.95. The average molecular weight is 526 g/mol. The molecule has 1 amide bonds. The molecule has 0 bridgehead atoms.